The summed E-state index contributed by atoms with van der Waals surface area (Å²) in [7, 11) is -3.83. The predicted octanol–water partition coefficient (Wildman–Crippen LogP) is 3.84. The molecule has 0 radical (unpaired) electrons. The highest BCUT2D eigenvalue weighted by molar-refractivity contribution is 7.92. The van der Waals surface area contributed by atoms with Crippen molar-refractivity contribution in [3.05, 3.63) is 70.7 Å². The zero-order valence-corrected chi connectivity index (χ0v) is 19.5. The van der Waals surface area contributed by atoms with Crippen LogP contribution in [0.25, 0.3) is 0 Å². The molecule has 1 heterocycles. The molecule has 3 rings (SSSR count). The van der Waals surface area contributed by atoms with Gasteiger partial charge in [-0.15, -0.1) is 0 Å². The van der Waals surface area contributed by atoms with Crippen LogP contribution in [-0.2, 0) is 14.8 Å². The predicted molar refractivity (Wildman–Crippen MR) is 124 cm³/mol. The second kappa shape index (κ2) is 9.35. The van der Waals surface area contributed by atoms with Crippen molar-refractivity contribution in [2.75, 3.05) is 16.6 Å². The van der Waals surface area contributed by atoms with E-state index in [2.05, 4.69) is 20.0 Å². The summed E-state index contributed by atoms with van der Waals surface area (Å²) >= 11 is 0. The number of nitrogens with one attached hydrogen (secondary N) is 2. The van der Waals surface area contributed by atoms with Gasteiger partial charge in [0, 0.05) is 17.4 Å². The fourth-order valence-electron chi connectivity index (χ4n) is 3.17. The quantitative estimate of drug-likeness (QED) is 0.561. The number of amides is 1. The molecule has 0 aliphatic rings. The lowest BCUT2D eigenvalue weighted by Gasteiger charge is -2.14. The Morgan fingerprint density at radius 3 is 2.25 bits per heavy atom. The zero-order chi connectivity index (χ0) is 23.5. The number of aromatic nitrogens is 2. The van der Waals surface area contributed by atoms with E-state index >= 15 is 0 Å². The van der Waals surface area contributed by atoms with Gasteiger partial charge in [0.15, 0.2) is 6.61 Å². The summed E-state index contributed by atoms with van der Waals surface area (Å²) in [5, 5.41) is 2.71. The molecule has 3 aromatic rings. The maximum Gasteiger partial charge on any atom is 0.263 e. The Balaban J connectivity index is 1.64. The van der Waals surface area contributed by atoms with Crippen molar-refractivity contribution in [2.24, 2.45) is 0 Å². The Labute approximate surface area is 188 Å². The number of carbonyl (C=O) groups excluding carboxylic acids is 1. The number of sulfonamides is 1. The largest absolute Gasteiger partial charge is 0.483 e. The molecular weight excluding hydrogens is 428 g/mol. The van der Waals surface area contributed by atoms with Crippen LogP contribution in [0.5, 0.6) is 5.75 Å². The molecule has 0 atom stereocenters. The van der Waals surface area contributed by atoms with Crippen molar-refractivity contribution in [3.8, 4) is 5.75 Å². The number of rotatable bonds is 7. The van der Waals surface area contributed by atoms with Crippen molar-refractivity contribution in [1.29, 1.82) is 0 Å². The van der Waals surface area contributed by atoms with Gasteiger partial charge < -0.3 is 10.1 Å². The molecule has 0 fully saturated rings. The summed E-state index contributed by atoms with van der Waals surface area (Å²) in [4.78, 5) is 20.6. The van der Waals surface area contributed by atoms with Gasteiger partial charge in [-0.25, -0.2) is 18.4 Å². The molecule has 0 unspecified atom stereocenters. The van der Waals surface area contributed by atoms with Crippen LogP contribution in [0.1, 0.15) is 28.2 Å². The number of hydrogen-bond acceptors (Lipinski definition) is 6. The Bertz CT molecular complexity index is 1240. The fraction of sp³-hybridized carbons (Fsp3) is 0.261. The number of hydrogen-bond donors (Lipinski definition) is 2. The summed E-state index contributed by atoms with van der Waals surface area (Å²) in [6, 6.07) is 11.4. The Hall–Kier alpha value is -3.46. The number of nitrogens with zero attached hydrogens (tertiary/aromatic N) is 2. The van der Waals surface area contributed by atoms with Crippen LogP contribution in [-0.4, -0.2) is 30.9 Å². The first-order valence-corrected chi connectivity index (χ1v) is 11.5. The molecule has 0 bridgehead atoms. The molecule has 168 valence electrons. The Morgan fingerprint density at radius 1 is 0.938 bits per heavy atom. The van der Waals surface area contributed by atoms with Gasteiger partial charge in [0.25, 0.3) is 15.9 Å². The minimum atomic E-state index is -3.83. The van der Waals surface area contributed by atoms with Crippen LogP contribution in [0.2, 0.25) is 0 Å². The van der Waals surface area contributed by atoms with Crippen LogP contribution in [0.3, 0.4) is 0 Å². The van der Waals surface area contributed by atoms with Crippen molar-refractivity contribution in [3.63, 3.8) is 0 Å². The van der Waals surface area contributed by atoms with Gasteiger partial charge in [-0.2, -0.15) is 0 Å². The van der Waals surface area contributed by atoms with Crippen molar-refractivity contribution in [2.45, 2.75) is 39.5 Å². The van der Waals surface area contributed by atoms with E-state index in [-0.39, 0.29) is 23.2 Å². The molecule has 0 saturated heterocycles. The van der Waals surface area contributed by atoms with E-state index in [1.807, 2.05) is 32.9 Å². The molecule has 0 aliphatic heterocycles. The SMILES string of the molecule is Cc1cc(NS(=O)(=O)c2ccc(NC(=O)COc3c(C)ccc(C)c3C)cc2)nc(C)n1. The molecule has 1 amide bonds. The highest BCUT2D eigenvalue weighted by atomic mass is 32.2. The number of carbonyl (C=O) groups is 1. The second-order valence-electron chi connectivity index (χ2n) is 7.56. The molecule has 0 aliphatic carbocycles. The third-order valence-electron chi connectivity index (χ3n) is 4.87. The summed E-state index contributed by atoms with van der Waals surface area (Å²) in [6.07, 6.45) is 0. The van der Waals surface area contributed by atoms with Gasteiger partial charge in [-0.05, 0) is 75.6 Å². The highest BCUT2D eigenvalue weighted by Crippen LogP contribution is 2.25. The van der Waals surface area contributed by atoms with Gasteiger partial charge >= 0.3 is 0 Å². The first-order chi connectivity index (χ1) is 15.0. The van der Waals surface area contributed by atoms with Crippen LogP contribution < -0.4 is 14.8 Å². The van der Waals surface area contributed by atoms with E-state index in [1.54, 1.807) is 19.9 Å². The van der Waals surface area contributed by atoms with Gasteiger partial charge in [0.2, 0.25) is 0 Å². The Morgan fingerprint density at radius 2 is 1.59 bits per heavy atom. The zero-order valence-electron chi connectivity index (χ0n) is 18.7. The maximum atomic E-state index is 12.6. The number of anilines is 2. The maximum absolute atomic E-state index is 12.6. The van der Waals surface area contributed by atoms with E-state index in [0.29, 0.717) is 23.0 Å². The normalized spacial score (nSPS) is 11.2. The van der Waals surface area contributed by atoms with Crippen LogP contribution in [0.4, 0.5) is 11.5 Å². The van der Waals surface area contributed by atoms with Gasteiger partial charge in [-0.3, -0.25) is 9.52 Å². The first kappa shape index (κ1) is 23.2. The monoisotopic (exact) mass is 454 g/mol. The summed E-state index contributed by atoms with van der Waals surface area (Å²) in [5.41, 5.74) is 4.16. The average molecular weight is 455 g/mol. The van der Waals surface area contributed by atoms with Crippen molar-refractivity contribution in [1.82, 2.24) is 9.97 Å². The standard InChI is InChI=1S/C23H26N4O4S/c1-14-6-7-15(2)23(17(14)4)31-13-22(28)26-19-8-10-20(11-9-19)32(29,30)27-21-12-16(3)24-18(5)25-21/h6-12H,13H2,1-5H3,(H,26,28)(H,24,25,27). The lowest BCUT2D eigenvalue weighted by atomic mass is 10.1. The lowest BCUT2D eigenvalue weighted by molar-refractivity contribution is -0.118. The molecule has 2 N–H and O–H groups in total. The van der Waals surface area contributed by atoms with Gasteiger partial charge in [0.1, 0.15) is 17.4 Å². The van der Waals surface area contributed by atoms with Crippen LogP contribution >= 0.6 is 0 Å². The molecule has 0 spiro atoms. The van der Waals surface area contributed by atoms with Gasteiger partial charge in [-0.1, -0.05) is 12.1 Å². The fourth-order valence-corrected chi connectivity index (χ4v) is 4.16. The smallest absolute Gasteiger partial charge is 0.263 e. The minimum Gasteiger partial charge on any atom is -0.483 e. The van der Waals surface area contributed by atoms with Crippen molar-refractivity contribution < 1.29 is 17.9 Å². The molecule has 9 heteroatoms. The Kier molecular flexibility index (Phi) is 6.78. The topological polar surface area (TPSA) is 110 Å². The molecular formula is C23H26N4O4S. The number of ether oxygens (including phenoxy) is 1. The molecule has 0 saturated carbocycles. The van der Waals surface area contributed by atoms with Crippen LogP contribution in [0, 0.1) is 34.6 Å². The van der Waals surface area contributed by atoms with E-state index in [9.17, 15) is 13.2 Å². The molecule has 32 heavy (non-hydrogen) atoms. The van der Waals surface area contributed by atoms with E-state index < -0.39 is 10.0 Å². The van der Waals surface area contributed by atoms with E-state index in [4.69, 9.17) is 4.74 Å². The third-order valence-corrected chi connectivity index (χ3v) is 6.25. The van der Waals surface area contributed by atoms with Crippen molar-refractivity contribution >= 4 is 27.4 Å². The van der Waals surface area contributed by atoms with Gasteiger partial charge in [0.05, 0.1) is 4.90 Å². The second-order valence-corrected chi connectivity index (χ2v) is 9.24. The minimum absolute atomic E-state index is 0.0478. The summed E-state index contributed by atoms with van der Waals surface area (Å²) in [6.45, 7) is 9.16. The first-order valence-electron chi connectivity index (χ1n) is 10.00. The average Bonchev–Trinajstić information content (AvgIpc) is 2.70. The molecule has 1 aromatic heterocycles. The molecule has 8 nitrogen and oxygen atoms in total. The number of benzene rings is 2. The van der Waals surface area contributed by atoms with Crippen LogP contribution in [0.15, 0.2) is 47.4 Å². The summed E-state index contributed by atoms with van der Waals surface area (Å²) < 4.78 is 33.4. The third kappa shape index (κ3) is 5.61. The number of aryl methyl sites for hydroxylation is 4. The molecule has 2 aromatic carbocycles. The van der Waals surface area contributed by atoms with E-state index in [0.717, 1.165) is 16.7 Å². The summed E-state index contributed by atoms with van der Waals surface area (Å²) in [5.74, 6) is 1.03. The van der Waals surface area contributed by atoms with E-state index in [1.165, 1.54) is 24.3 Å². The lowest BCUT2D eigenvalue weighted by Crippen LogP contribution is -2.21. The highest BCUT2D eigenvalue weighted by Gasteiger charge is 2.16.